The van der Waals surface area contributed by atoms with Crippen molar-refractivity contribution in [2.24, 2.45) is 0 Å². The zero-order chi connectivity index (χ0) is 18.4. The number of rotatable bonds is 8. The maximum atomic E-state index is 12.9. The Morgan fingerprint density at radius 3 is 2.88 bits per heavy atom. The Labute approximate surface area is 154 Å². The summed E-state index contributed by atoms with van der Waals surface area (Å²) in [5.74, 6) is -0.0391. The van der Waals surface area contributed by atoms with Crippen LogP contribution in [0.3, 0.4) is 0 Å². The van der Waals surface area contributed by atoms with Crippen LogP contribution in [-0.2, 0) is 17.8 Å². The highest BCUT2D eigenvalue weighted by Crippen LogP contribution is 2.19. The molecule has 140 valence electrons. The molecule has 1 aromatic carbocycles. The summed E-state index contributed by atoms with van der Waals surface area (Å²) in [5, 5.41) is 8.07. The third-order valence-corrected chi connectivity index (χ3v) is 4.82. The summed E-state index contributed by atoms with van der Waals surface area (Å²) in [6, 6.07) is 10.7. The lowest BCUT2D eigenvalue weighted by molar-refractivity contribution is 0.0687. The number of benzene rings is 1. The van der Waals surface area contributed by atoms with Crippen molar-refractivity contribution < 1.29 is 9.53 Å². The number of ether oxygens (including phenoxy) is 1. The van der Waals surface area contributed by atoms with E-state index in [2.05, 4.69) is 39.5 Å². The lowest BCUT2D eigenvalue weighted by Crippen LogP contribution is -2.42. The number of hydrogen-bond donors (Lipinski definition) is 0. The molecule has 2 heterocycles. The van der Waals surface area contributed by atoms with Gasteiger partial charge in [0.1, 0.15) is 0 Å². The molecular formula is C19H27N5O2. The smallest absolute Gasteiger partial charge is 0.276 e. The van der Waals surface area contributed by atoms with Crippen molar-refractivity contribution in [3.05, 3.63) is 47.8 Å². The molecule has 0 aliphatic carbocycles. The lowest BCUT2D eigenvalue weighted by Gasteiger charge is -2.27. The highest BCUT2D eigenvalue weighted by molar-refractivity contribution is 5.92. The molecule has 26 heavy (non-hydrogen) atoms. The zero-order valence-electron chi connectivity index (χ0n) is 15.5. The maximum Gasteiger partial charge on any atom is 0.276 e. The van der Waals surface area contributed by atoms with E-state index >= 15 is 0 Å². The van der Waals surface area contributed by atoms with Gasteiger partial charge in [-0.05, 0) is 18.9 Å². The molecule has 1 aromatic heterocycles. The Balaban J connectivity index is 1.60. The van der Waals surface area contributed by atoms with Crippen LogP contribution >= 0.6 is 0 Å². The van der Waals surface area contributed by atoms with Gasteiger partial charge in [-0.15, -0.1) is 5.10 Å². The maximum absolute atomic E-state index is 12.9. The van der Waals surface area contributed by atoms with Crippen molar-refractivity contribution in [3.63, 3.8) is 0 Å². The predicted molar refractivity (Wildman–Crippen MR) is 98.7 cm³/mol. The highest BCUT2D eigenvalue weighted by Gasteiger charge is 2.31. The summed E-state index contributed by atoms with van der Waals surface area (Å²) in [6.45, 7) is 6.66. The average molecular weight is 357 g/mol. The third kappa shape index (κ3) is 4.47. The summed E-state index contributed by atoms with van der Waals surface area (Å²) < 4.78 is 6.69. The molecule has 1 aliphatic rings. The summed E-state index contributed by atoms with van der Waals surface area (Å²) in [5.41, 5.74) is 1.72. The van der Waals surface area contributed by atoms with Crippen LogP contribution in [0.15, 0.2) is 36.5 Å². The standard InChI is InChI=1S/C19H27N5O2/c1-3-24(19(25)18-15-23(21-20-18)11-12-26-2)17-9-10-22(14-17)13-16-7-5-4-6-8-16/h4-8,15,17H,3,9-14H2,1-2H3. The molecule has 0 bridgehead atoms. The van der Waals surface area contributed by atoms with Crippen LogP contribution < -0.4 is 0 Å². The molecule has 1 aliphatic heterocycles. The van der Waals surface area contributed by atoms with Crippen LogP contribution in [-0.4, -0.2) is 70.1 Å². The van der Waals surface area contributed by atoms with E-state index in [-0.39, 0.29) is 11.9 Å². The van der Waals surface area contributed by atoms with Gasteiger partial charge in [0.25, 0.3) is 5.91 Å². The fourth-order valence-electron chi connectivity index (χ4n) is 3.46. The molecule has 3 rings (SSSR count). The van der Waals surface area contributed by atoms with Gasteiger partial charge >= 0.3 is 0 Å². The molecule has 7 heteroatoms. The molecule has 2 aromatic rings. The van der Waals surface area contributed by atoms with Crippen molar-refractivity contribution in [1.82, 2.24) is 24.8 Å². The van der Waals surface area contributed by atoms with Gasteiger partial charge in [-0.2, -0.15) is 0 Å². The second-order valence-corrected chi connectivity index (χ2v) is 6.61. The molecule has 0 radical (unpaired) electrons. The van der Waals surface area contributed by atoms with Gasteiger partial charge in [0.2, 0.25) is 0 Å². The minimum atomic E-state index is -0.0391. The van der Waals surface area contributed by atoms with Crippen LogP contribution in [0, 0.1) is 0 Å². The molecular weight excluding hydrogens is 330 g/mol. The quantitative estimate of drug-likeness (QED) is 0.719. The molecule has 0 N–H and O–H groups in total. The SMILES string of the molecule is CCN(C(=O)c1cn(CCOC)nn1)C1CCN(Cc2ccccc2)C1. The molecule has 1 unspecified atom stereocenters. The second-order valence-electron chi connectivity index (χ2n) is 6.61. The molecule has 1 fully saturated rings. The normalized spacial score (nSPS) is 17.5. The van der Waals surface area contributed by atoms with E-state index in [0.717, 1.165) is 26.1 Å². The van der Waals surface area contributed by atoms with Crippen LogP contribution in [0.1, 0.15) is 29.4 Å². The Morgan fingerprint density at radius 2 is 2.15 bits per heavy atom. The van der Waals surface area contributed by atoms with Gasteiger partial charge in [0.05, 0.1) is 19.3 Å². The van der Waals surface area contributed by atoms with E-state index in [1.165, 1.54) is 5.56 Å². The number of hydrogen-bond acceptors (Lipinski definition) is 5. The van der Waals surface area contributed by atoms with Crippen molar-refractivity contribution in [2.45, 2.75) is 32.5 Å². The van der Waals surface area contributed by atoms with Gasteiger partial charge in [-0.3, -0.25) is 9.69 Å². The van der Waals surface area contributed by atoms with Crippen molar-refractivity contribution in [3.8, 4) is 0 Å². The van der Waals surface area contributed by atoms with Crippen molar-refractivity contribution >= 4 is 5.91 Å². The number of aromatic nitrogens is 3. The molecule has 7 nitrogen and oxygen atoms in total. The first-order valence-electron chi connectivity index (χ1n) is 9.17. The summed E-state index contributed by atoms with van der Waals surface area (Å²) in [7, 11) is 1.64. The minimum Gasteiger partial charge on any atom is -0.383 e. The molecule has 1 atom stereocenters. The highest BCUT2D eigenvalue weighted by atomic mass is 16.5. The van der Waals surface area contributed by atoms with E-state index < -0.39 is 0 Å². The number of amides is 1. The van der Waals surface area contributed by atoms with Crippen LogP contribution in [0.4, 0.5) is 0 Å². The summed E-state index contributed by atoms with van der Waals surface area (Å²) in [4.78, 5) is 17.2. The molecule has 0 spiro atoms. The zero-order valence-corrected chi connectivity index (χ0v) is 15.5. The number of carbonyl (C=O) groups excluding carboxylic acids is 1. The van der Waals surface area contributed by atoms with E-state index in [9.17, 15) is 4.79 Å². The van der Waals surface area contributed by atoms with Crippen molar-refractivity contribution in [1.29, 1.82) is 0 Å². The second kappa shape index (κ2) is 8.91. The topological polar surface area (TPSA) is 63.5 Å². The largest absolute Gasteiger partial charge is 0.383 e. The monoisotopic (exact) mass is 357 g/mol. The lowest BCUT2D eigenvalue weighted by atomic mass is 10.2. The Kier molecular flexibility index (Phi) is 6.35. The Bertz CT molecular complexity index is 703. The molecule has 0 saturated carbocycles. The van der Waals surface area contributed by atoms with E-state index in [4.69, 9.17) is 4.74 Å². The van der Waals surface area contributed by atoms with Gasteiger partial charge in [0, 0.05) is 39.3 Å². The van der Waals surface area contributed by atoms with Gasteiger partial charge in [-0.25, -0.2) is 4.68 Å². The van der Waals surface area contributed by atoms with Gasteiger partial charge < -0.3 is 9.64 Å². The van der Waals surface area contributed by atoms with Crippen LogP contribution in [0.25, 0.3) is 0 Å². The first kappa shape index (κ1) is 18.5. The fraction of sp³-hybridized carbons (Fsp3) is 0.526. The predicted octanol–water partition coefficient (Wildman–Crippen LogP) is 1.66. The number of likely N-dealkylation sites (N-methyl/N-ethyl adjacent to an activating group) is 1. The van der Waals surface area contributed by atoms with Gasteiger partial charge in [0.15, 0.2) is 5.69 Å². The van der Waals surface area contributed by atoms with Crippen LogP contribution in [0.2, 0.25) is 0 Å². The minimum absolute atomic E-state index is 0.0391. The Hall–Kier alpha value is -2.25. The number of likely N-dealkylation sites (tertiary alicyclic amines) is 1. The number of carbonyl (C=O) groups is 1. The van der Waals surface area contributed by atoms with E-state index in [0.29, 0.717) is 25.4 Å². The van der Waals surface area contributed by atoms with Gasteiger partial charge in [-0.1, -0.05) is 35.5 Å². The summed E-state index contributed by atoms with van der Waals surface area (Å²) >= 11 is 0. The summed E-state index contributed by atoms with van der Waals surface area (Å²) in [6.07, 6.45) is 2.70. The molecule has 1 saturated heterocycles. The molecule has 1 amide bonds. The van der Waals surface area contributed by atoms with E-state index in [1.54, 1.807) is 18.0 Å². The average Bonchev–Trinajstić information content (AvgIpc) is 3.31. The number of nitrogens with zero attached hydrogens (tertiary/aromatic N) is 5. The number of methoxy groups -OCH3 is 1. The van der Waals surface area contributed by atoms with E-state index in [1.807, 2.05) is 17.9 Å². The first-order valence-corrected chi connectivity index (χ1v) is 9.17. The first-order chi connectivity index (χ1) is 12.7. The van der Waals surface area contributed by atoms with Crippen LogP contribution in [0.5, 0.6) is 0 Å². The van der Waals surface area contributed by atoms with Crippen molar-refractivity contribution in [2.75, 3.05) is 33.4 Å². The fourth-order valence-corrected chi connectivity index (χ4v) is 3.46. The Morgan fingerprint density at radius 1 is 1.35 bits per heavy atom. The third-order valence-electron chi connectivity index (χ3n) is 4.82.